The van der Waals surface area contributed by atoms with E-state index in [2.05, 4.69) is 0 Å². The Labute approximate surface area is 91.1 Å². The van der Waals surface area contributed by atoms with E-state index in [4.69, 9.17) is 9.47 Å². The van der Waals surface area contributed by atoms with E-state index in [1.54, 1.807) is 7.11 Å². The summed E-state index contributed by atoms with van der Waals surface area (Å²) in [6, 6.07) is 0. The van der Waals surface area contributed by atoms with E-state index >= 15 is 0 Å². The van der Waals surface area contributed by atoms with Crippen LogP contribution in [-0.2, 0) is 9.47 Å². The molecule has 2 unspecified atom stereocenters. The topological polar surface area (TPSA) is 38.7 Å². The molecule has 2 aliphatic rings. The SMILES string of the molecule is COC1CCCCC1(O)C1=CCCCO1. The van der Waals surface area contributed by atoms with Gasteiger partial charge in [-0.25, -0.2) is 0 Å². The van der Waals surface area contributed by atoms with E-state index in [1.807, 2.05) is 6.08 Å². The first-order valence-electron chi connectivity index (χ1n) is 5.86. The van der Waals surface area contributed by atoms with E-state index in [9.17, 15) is 5.11 Å². The lowest BCUT2D eigenvalue weighted by molar-refractivity contribution is -0.121. The molecule has 0 radical (unpaired) electrons. The molecule has 3 nitrogen and oxygen atoms in total. The Balaban J connectivity index is 2.17. The van der Waals surface area contributed by atoms with Crippen molar-refractivity contribution in [3.63, 3.8) is 0 Å². The summed E-state index contributed by atoms with van der Waals surface area (Å²) in [5.74, 6) is 0.750. The summed E-state index contributed by atoms with van der Waals surface area (Å²) in [7, 11) is 1.67. The van der Waals surface area contributed by atoms with Gasteiger partial charge in [-0.3, -0.25) is 0 Å². The van der Waals surface area contributed by atoms with Crippen molar-refractivity contribution in [2.75, 3.05) is 13.7 Å². The van der Waals surface area contributed by atoms with Gasteiger partial charge in [0.05, 0.1) is 12.7 Å². The summed E-state index contributed by atoms with van der Waals surface area (Å²) in [6.07, 6.45) is 7.86. The number of methoxy groups -OCH3 is 1. The highest BCUT2D eigenvalue weighted by molar-refractivity contribution is 5.16. The van der Waals surface area contributed by atoms with Crippen molar-refractivity contribution in [2.45, 2.75) is 50.2 Å². The van der Waals surface area contributed by atoms with Crippen LogP contribution in [0.5, 0.6) is 0 Å². The van der Waals surface area contributed by atoms with Gasteiger partial charge in [-0.2, -0.15) is 0 Å². The number of hydrogen-bond acceptors (Lipinski definition) is 3. The van der Waals surface area contributed by atoms with Crippen molar-refractivity contribution in [3.05, 3.63) is 11.8 Å². The first-order valence-corrected chi connectivity index (χ1v) is 5.86. The van der Waals surface area contributed by atoms with Crippen molar-refractivity contribution in [3.8, 4) is 0 Å². The van der Waals surface area contributed by atoms with Gasteiger partial charge < -0.3 is 14.6 Å². The molecule has 0 aromatic carbocycles. The molecule has 0 spiro atoms. The molecule has 1 heterocycles. The molecule has 0 saturated heterocycles. The number of ether oxygens (including phenoxy) is 2. The van der Waals surface area contributed by atoms with Gasteiger partial charge in [0, 0.05) is 7.11 Å². The van der Waals surface area contributed by atoms with Crippen LogP contribution >= 0.6 is 0 Å². The fourth-order valence-corrected chi connectivity index (χ4v) is 2.58. The van der Waals surface area contributed by atoms with Crippen LogP contribution in [0.3, 0.4) is 0 Å². The molecule has 1 aliphatic carbocycles. The minimum atomic E-state index is -0.868. The standard InChI is InChI=1S/C12H20O3/c1-14-10-6-2-4-8-12(10,13)11-7-3-5-9-15-11/h7,10,13H,2-6,8-9H2,1H3. The zero-order valence-electron chi connectivity index (χ0n) is 9.37. The Bertz CT molecular complexity index is 249. The normalized spacial score (nSPS) is 36.9. The van der Waals surface area contributed by atoms with Crippen molar-refractivity contribution in [2.24, 2.45) is 0 Å². The average molecular weight is 212 g/mol. The van der Waals surface area contributed by atoms with Crippen LogP contribution < -0.4 is 0 Å². The van der Waals surface area contributed by atoms with Crippen LogP contribution in [0.4, 0.5) is 0 Å². The molecule has 1 fully saturated rings. The van der Waals surface area contributed by atoms with E-state index in [0.717, 1.165) is 50.9 Å². The third-order valence-corrected chi connectivity index (χ3v) is 3.45. The average Bonchev–Trinajstić information content (AvgIpc) is 2.31. The van der Waals surface area contributed by atoms with E-state index in [-0.39, 0.29) is 6.10 Å². The number of hydrogen-bond donors (Lipinski definition) is 1. The van der Waals surface area contributed by atoms with Crippen LogP contribution in [0.1, 0.15) is 38.5 Å². The highest BCUT2D eigenvalue weighted by atomic mass is 16.5. The van der Waals surface area contributed by atoms with E-state index < -0.39 is 5.60 Å². The third kappa shape index (κ3) is 2.04. The smallest absolute Gasteiger partial charge is 0.147 e. The molecule has 15 heavy (non-hydrogen) atoms. The highest BCUT2D eigenvalue weighted by Crippen LogP contribution is 2.37. The summed E-state index contributed by atoms with van der Waals surface area (Å²) in [5, 5.41) is 10.6. The van der Waals surface area contributed by atoms with Crippen molar-refractivity contribution in [1.29, 1.82) is 0 Å². The van der Waals surface area contributed by atoms with Gasteiger partial charge >= 0.3 is 0 Å². The van der Waals surface area contributed by atoms with Gasteiger partial charge in [0.1, 0.15) is 11.4 Å². The maximum Gasteiger partial charge on any atom is 0.147 e. The first kappa shape index (κ1) is 11.0. The zero-order valence-corrected chi connectivity index (χ0v) is 9.37. The molecule has 0 bridgehead atoms. The van der Waals surface area contributed by atoms with Crippen molar-refractivity contribution < 1.29 is 14.6 Å². The fourth-order valence-electron chi connectivity index (χ4n) is 2.58. The van der Waals surface area contributed by atoms with E-state index in [1.165, 1.54) is 0 Å². The quantitative estimate of drug-likeness (QED) is 0.761. The summed E-state index contributed by atoms with van der Waals surface area (Å²) in [5.41, 5.74) is -0.868. The predicted molar refractivity (Wildman–Crippen MR) is 57.5 cm³/mol. The highest BCUT2D eigenvalue weighted by Gasteiger charge is 2.44. The maximum atomic E-state index is 10.6. The van der Waals surface area contributed by atoms with Crippen LogP contribution in [-0.4, -0.2) is 30.5 Å². The molecule has 1 N–H and O–H groups in total. The second kappa shape index (κ2) is 4.54. The summed E-state index contributed by atoms with van der Waals surface area (Å²) in [4.78, 5) is 0. The van der Waals surface area contributed by atoms with Gasteiger partial charge in [-0.1, -0.05) is 6.42 Å². The van der Waals surface area contributed by atoms with Gasteiger partial charge in [0.15, 0.2) is 0 Å². The largest absolute Gasteiger partial charge is 0.495 e. The second-order valence-corrected chi connectivity index (χ2v) is 4.45. The molecular weight excluding hydrogens is 192 g/mol. The lowest BCUT2D eigenvalue weighted by atomic mass is 9.80. The maximum absolute atomic E-state index is 10.6. The van der Waals surface area contributed by atoms with Gasteiger partial charge in [-0.15, -0.1) is 0 Å². The van der Waals surface area contributed by atoms with Gasteiger partial charge in [0.2, 0.25) is 0 Å². The van der Waals surface area contributed by atoms with E-state index in [0.29, 0.717) is 0 Å². The van der Waals surface area contributed by atoms with Crippen LogP contribution in [0.15, 0.2) is 11.8 Å². The summed E-state index contributed by atoms with van der Waals surface area (Å²) >= 11 is 0. The Morgan fingerprint density at radius 2 is 2.33 bits per heavy atom. The minimum absolute atomic E-state index is 0.101. The molecule has 2 atom stereocenters. The summed E-state index contributed by atoms with van der Waals surface area (Å²) < 4.78 is 11.0. The molecule has 2 rings (SSSR count). The monoisotopic (exact) mass is 212 g/mol. The summed E-state index contributed by atoms with van der Waals surface area (Å²) in [6.45, 7) is 0.727. The Morgan fingerprint density at radius 3 is 3.00 bits per heavy atom. The third-order valence-electron chi connectivity index (χ3n) is 3.45. The lowest BCUT2D eigenvalue weighted by Crippen LogP contribution is -2.48. The molecular formula is C12H20O3. The Morgan fingerprint density at radius 1 is 1.47 bits per heavy atom. The molecule has 1 saturated carbocycles. The second-order valence-electron chi connectivity index (χ2n) is 4.45. The molecule has 0 aromatic rings. The predicted octanol–water partition coefficient (Wildman–Crippen LogP) is 2.00. The van der Waals surface area contributed by atoms with Crippen LogP contribution in [0.2, 0.25) is 0 Å². The molecule has 3 heteroatoms. The molecule has 1 aliphatic heterocycles. The zero-order chi connectivity index (χ0) is 10.7. The number of aliphatic hydroxyl groups is 1. The Hall–Kier alpha value is -0.540. The molecule has 86 valence electrons. The number of allylic oxidation sites excluding steroid dienone is 1. The van der Waals surface area contributed by atoms with Crippen molar-refractivity contribution >= 4 is 0 Å². The number of rotatable bonds is 2. The molecule has 0 amide bonds. The minimum Gasteiger partial charge on any atom is -0.495 e. The molecule has 0 aromatic heterocycles. The van der Waals surface area contributed by atoms with Crippen LogP contribution in [0.25, 0.3) is 0 Å². The van der Waals surface area contributed by atoms with Crippen LogP contribution in [0, 0.1) is 0 Å². The first-order chi connectivity index (χ1) is 7.27. The fraction of sp³-hybridized carbons (Fsp3) is 0.833. The van der Waals surface area contributed by atoms with Crippen molar-refractivity contribution in [1.82, 2.24) is 0 Å². The van der Waals surface area contributed by atoms with Gasteiger partial charge in [0.25, 0.3) is 0 Å². The van der Waals surface area contributed by atoms with Gasteiger partial charge in [-0.05, 0) is 38.2 Å². The Kier molecular flexibility index (Phi) is 3.32. The lowest BCUT2D eigenvalue weighted by Gasteiger charge is -2.40.